The van der Waals surface area contributed by atoms with Gasteiger partial charge in [0.2, 0.25) is 0 Å². The molecular formula is C28H30N8O. The highest BCUT2D eigenvalue weighted by Gasteiger charge is 2.18. The number of aromatic nitrogens is 7. The summed E-state index contributed by atoms with van der Waals surface area (Å²) in [5, 5.41) is 16.9. The number of nitrogens with zero attached hydrogens (tertiary/aromatic N) is 7. The fourth-order valence-electron chi connectivity index (χ4n) is 4.47. The predicted octanol–water partition coefficient (Wildman–Crippen LogP) is 4.19. The Balaban J connectivity index is 1.31. The standard InChI is InChI=1S/C28H30N8O/c1-17-6-8-22(9-7-17)15-36-27-25(13-29-36)24(12-20(4)31-27)28(37)32-21(5)14-35-16-26(33-34-35)23-10-18(2)30-19(3)11-23/h6-13,16,21H,14-15H2,1-5H3,(H,32,37)/t21-/m0/s1. The quantitative estimate of drug-likeness (QED) is 0.364. The molecule has 37 heavy (non-hydrogen) atoms. The Labute approximate surface area is 215 Å². The zero-order chi connectivity index (χ0) is 26.1. The highest BCUT2D eigenvalue weighted by molar-refractivity contribution is 6.05. The Hall–Kier alpha value is -4.40. The lowest BCUT2D eigenvalue weighted by atomic mass is 10.1. The van der Waals surface area contributed by atoms with Crippen molar-refractivity contribution in [2.75, 3.05) is 0 Å². The molecule has 0 aliphatic rings. The zero-order valence-corrected chi connectivity index (χ0v) is 21.7. The number of rotatable bonds is 7. The van der Waals surface area contributed by atoms with Crippen LogP contribution in [-0.2, 0) is 13.1 Å². The van der Waals surface area contributed by atoms with Crippen molar-refractivity contribution in [2.45, 2.75) is 53.8 Å². The lowest BCUT2D eigenvalue weighted by Crippen LogP contribution is -2.36. The van der Waals surface area contributed by atoms with Gasteiger partial charge >= 0.3 is 0 Å². The highest BCUT2D eigenvalue weighted by atomic mass is 16.1. The van der Waals surface area contributed by atoms with Gasteiger partial charge in [0, 0.05) is 28.7 Å². The number of amides is 1. The fourth-order valence-corrected chi connectivity index (χ4v) is 4.47. The van der Waals surface area contributed by atoms with E-state index in [1.807, 2.05) is 56.8 Å². The maximum Gasteiger partial charge on any atom is 0.252 e. The molecule has 1 atom stereocenters. The number of benzene rings is 1. The molecule has 0 aliphatic carbocycles. The summed E-state index contributed by atoms with van der Waals surface area (Å²) in [5.41, 5.74) is 7.99. The summed E-state index contributed by atoms with van der Waals surface area (Å²) in [7, 11) is 0. The Bertz CT molecular complexity index is 1560. The van der Waals surface area contributed by atoms with Gasteiger partial charge in [0.05, 0.1) is 36.4 Å². The predicted molar refractivity (Wildman–Crippen MR) is 142 cm³/mol. The molecule has 0 aliphatic heterocycles. The van der Waals surface area contributed by atoms with Crippen LogP contribution in [0.4, 0.5) is 0 Å². The average molecular weight is 495 g/mol. The van der Waals surface area contributed by atoms with Gasteiger partial charge in [-0.3, -0.25) is 9.78 Å². The molecule has 1 N–H and O–H groups in total. The third kappa shape index (κ3) is 5.40. The van der Waals surface area contributed by atoms with Gasteiger partial charge in [-0.1, -0.05) is 35.0 Å². The highest BCUT2D eigenvalue weighted by Crippen LogP contribution is 2.21. The summed E-state index contributed by atoms with van der Waals surface area (Å²) in [6, 6.07) is 13.9. The Morgan fingerprint density at radius 3 is 2.41 bits per heavy atom. The van der Waals surface area contributed by atoms with E-state index >= 15 is 0 Å². The van der Waals surface area contributed by atoms with E-state index < -0.39 is 0 Å². The van der Waals surface area contributed by atoms with E-state index in [2.05, 4.69) is 61.9 Å². The molecule has 0 spiro atoms. The third-order valence-corrected chi connectivity index (χ3v) is 6.19. The molecule has 0 unspecified atom stereocenters. The van der Waals surface area contributed by atoms with Gasteiger partial charge in [-0.2, -0.15) is 5.10 Å². The SMILES string of the molecule is Cc1ccc(Cn2ncc3c(C(=O)N[C@@H](C)Cn4cc(-c5cc(C)nc(C)c5)nn4)cc(C)nc32)cc1. The van der Waals surface area contributed by atoms with Crippen LogP contribution in [0.15, 0.2) is 54.9 Å². The molecule has 9 heteroatoms. The number of pyridine rings is 2. The minimum absolute atomic E-state index is 0.168. The average Bonchev–Trinajstić information content (AvgIpc) is 3.46. The molecular weight excluding hydrogens is 464 g/mol. The maximum absolute atomic E-state index is 13.3. The van der Waals surface area contributed by atoms with E-state index in [1.54, 1.807) is 10.9 Å². The van der Waals surface area contributed by atoms with Crippen LogP contribution in [0.25, 0.3) is 22.3 Å². The first-order chi connectivity index (χ1) is 17.7. The molecule has 5 rings (SSSR count). The van der Waals surface area contributed by atoms with Crippen molar-refractivity contribution >= 4 is 16.9 Å². The van der Waals surface area contributed by atoms with E-state index in [4.69, 9.17) is 0 Å². The largest absolute Gasteiger partial charge is 0.348 e. The van der Waals surface area contributed by atoms with Gasteiger partial charge in [0.15, 0.2) is 5.65 Å². The van der Waals surface area contributed by atoms with Crippen LogP contribution in [0, 0.1) is 27.7 Å². The third-order valence-electron chi connectivity index (χ3n) is 6.19. The zero-order valence-electron chi connectivity index (χ0n) is 21.7. The van der Waals surface area contributed by atoms with Crippen molar-refractivity contribution < 1.29 is 4.79 Å². The van der Waals surface area contributed by atoms with E-state index in [1.165, 1.54) is 5.56 Å². The van der Waals surface area contributed by atoms with Gasteiger partial charge in [-0.05, 0) is 58.4 Å². The normalized spacial score (nSPS) is 12.1. The van der Waals surface area contributed by atoms with E-state index in [-0.39, 0.29) is 11.9 Å². The summed E-state index contributed by atoms with van der Waals surface area (Å²) in [5.74, 6) is -0.168. The van der Waals surface area contributed by atoms with E-state index in [9.17, 15) is 4.79 Å². The van der Waals surface area contributed by atoms with Crippen LogP contribution in [0.3, 0.4) is 0 Å². The summed E-state index contributed by atoms with van der Waals surface area (Å²) in [6.45, 7) is 10.9. The van der Waals surface area contributed by atoms with Crippen LogP contribution < -0.4 is 5.32 Å². The number of carbonyl (C=O) groups is 1. The number of aryl methyl sites for hydroxylation is 4. The number of fused-ring (bicyclic) bond motifs is 1. The molecule has 5 aromatic rings. The fraction of sp³-hybridized carbons (Fsp3) is 0.286. The van der Waals surface area contributed by atoms with Crippen molar-refractivity contribution in [2.24, 2.45) is 0 Å². The molecule has 4 heterocycles. The Morgan fingerprint density at radius 1 is 0.973 bits per heavy atom. The Morgan fingerprint density at radius 2 is 1.68 bits per heavy atom. The van der Waals surface area contributed by atoms with Crippen molar-refractivity contribution in [3.63, 3.8) is 0 Å². The van der Waals surface area contributed by atoms with Gasteiger partial charge in [-0.15, -0.1) is 5.10 Å². The first-order valence-electron chi connectivity index (χ1n) is 12.3. The van der Waals surface area contributed by atoms with Crippen molar-refractivity contribution in [1.82, 2.24) is 40.1 Å². The molecule has 9 nitrogen and oxygen atoms in total. The van der Waals surface area contributed by atoms with Crippen molar-refractivity contribution in [1.29, 1.82) is 0 Å². The van der Waals surface area contributed by atoms with Crippen molar-refractivity contribution in [3.05, 3.63) is 88.6 Å². The van der Waals surface area contributed by atoms with Crippen LogP contribution in [0.1, 0.15) is 45.5 Å². The molecule has 0 bridgehead atoms. The van der Waals surface area contributed by atoms with E-state index in [0.717, 1.165) is 39.3 Å². The van der Waals surface area contributed by atoms with Crippen LogP contribution in [0.5, 0.6) is 0 Å². The summed E-state index contributed by atoms with van der Waals surface area (Å²) >= 11 is 0. The van der Waals surface area contributed by atoms with Gasteiger partial charge in [0.1, 0.15) is 5.69 Å². The lowest BCUT2D eigenvalue weighted by molar-refractivity contribution is 0.0937. The maximum atomic E-state index is 13.3. The first kappa shape index (κ1) is 24.3. The molecule has 1 amide bonds. The summed E-state index contributed by atoms with van der Waals surface area (Å²) in [4.78, 5) is 22.4. The topological polar surface area (TPSA) is 103 Å². The van der Waals surface area contributed by atoms with Crippen LogP contribution in [0.2, 0.25) is 0 Å². The number of hydrogen-bond acceptors (Lipinski definition) is 6. The minimum atomic E-state index is -0.172. The summed E-state index contributed by atoms with van der Waals surface area (Å²) in [6.07, 6.45) is 3.61. The van der Waals surface area contributed by atoms with E-state index in [0.29, 0.717) is 24.3 Å². The number of hydrogen-bond donors (Lipinski definition) is 1. The molecule has 0 saturated heterocycles. The molecule has 188 valence electrons. The van der Waals surface area contributed by atoms with Gasteiger partial charge in [0.25, 0.3) is 5.91 Å². The monoisotopic (exact) mass is 494 g/mol. The Kier molecular flexibility index (Phi) is 6.52. The molecule has 4 aromatic heterocycles. The first-order valence-corrected chi connectivity index (χ1v) is 12.3. The molecule has 0 saturated carbocycles. The van der Waals surface area contributed by atoms with Crippen LogP contribution in [-0.4, -0.2) is 46.7 Å². The lowest BCUT2D eigenvalue weighted by Gasteiger charge is -2.14. The molecule has 0 radical (unpaired) electrons. The second kappa shape index (κ2) is 9.93. The van der Waals surface area contributed by atoms with Crippen molar-refractivity contribution in [3.8, 4) is 11.3 Å². The number of nitrogens with one attached hydrogen (secondary N) is 1. The molecule has 1 aromatic carbocycles. The molecule has 0 fully saturated rings. The van der Waals surface area contributed by atoms with Crippen LogP contribution >= 0.6 is 0 Å². The smallest absolute Gasteiger partial charge is 0.252 e. The number of carbonyl (C=O) groups excluding carboxylic acids is 1. The minimum Gasteiger partial charge on any atom is -0.348 e. The summed E-state index contributed by atoms with van der Waals surface area (Å²) < 4.78 is 3.59. The van der Waals surface area contributed by atoms with Gasteiger partial charge in [-0.25, -0.2) is 14.3 Å². The second-order valence-electron chi connectivity index (χ2n) is 9.68. The second-order valence-corrected chi connectivity index (χ2v) is 9.68. The van der Waals surface area contributed by atoms with Gasteiger partial charge < -0.3 is 5.32 Å².